The molecule has 3 nitrogen and oxygen atoms in total. The maximum Gasteiger partial charge on any atom is 0.269 e. The van der Waals surface area contributed by atoms with Gasteiger partial charge < -0.3 is 0 Å². The van der Waals surface area contributed by atoms with Gasteiger partial charge in [0.2, 0.25) is 0 Å². The van der Waals surface area contributed by atoms with Crippen LogP contribution in [0.15, 0.2) is 11.6 Å². The highest BCUT2D eigenvalue weighted by atomic mass is 16.5. The number of rotatable bonds is 2. The first-order valence-electron chi connectivity index (χ1n) is 4.87. The van der Waals surface area contributed by atoms with Crippen molar-refractivity contribution in [1.29, 1.82) is 0 Å². The number of hydroxylamine groups is 1. The zero-order valence-electron chi connectivity index (χ0n) is 8.05. The minimum absolute atomic E-state index is 0.384. The fourth-order valence-corrected chi connectivity index (χ4v) is 1.82. The highest BCUT2D eigenvalue weighted by Crippen LogP contribution is 2.25. The summed E-state index contributed by atoms with van der Waals surface area (Å²) in [6.45, 7) is 1.74. The first-order valence-corrected chi connectivity index (χ1v) is 4.87. The van der Waals surface area contributed by atoms with Gasteiger partial charge in [-0.25, -0.2) is 5.48 Å². The van der Waals surface area contributed by atoms with Crippen LogP contribution in [0.4, 0.5) is 0 Å². The molecule has 0 aliphatic heterocycles. The molecule has 0 aromatic heterocycles. The lowest BCUT2D eigenvalue weighted by molar-refractivity contribution is -0.125. The molecule has 0 atom stereocenters. The minimum atomic E-state index is -0.384. The van der Waals surface area contributed by atoms with Gasteiger partial charge in [-0.3, -0.25) is 10.0 Å². The summed E-state index contributed by atoms with van der Waals surface area (Å²) >= 11 is 0. The largest absolute Gasteiger partial charge is 0.288 e. The highest BCUT2D eigenvalue weighted by Gasteiger charge is 2.12. The van der Waals surface area contributed by atoms with Crippen molar-refractivity contribution in [3.05, 3.63) is 11.6 Å². The number of allylic oxidation sites excluding steroid dienone is 1. The predicted octanol–water partition coefficient (Wildman–Crippen LogP) is 2.02. The van der Waals surface area contributed by atoms with Gasteiger partial charge in [-0.05, 0) is 25.7 Å². The molecule has 1 rings (SSSR count). The summed E-state index contributed by atoms with van der Waals surface area (Å²) < 4.78 is 0. The average Bonchev–Trinajstić information content (AvgIpc) is 2.18. The van der Waals surface area contributed by atoms with Crippen molar-refractivity contribution >= 4 is 5.91 Å². The van der Waals surface area contributed by atoms with E-state index < -0.39 is 0 Å². The molecular formula is C10H17NO2. The monoisotopic (exact) mass is 183 g/mol. The zero-order valence-corrected chi connectivity index (χ0v) is 8.05. The standard InChI is InChI=1S/C10H17NO2/c1-8(10(12)11-13)7-9-5-3-2-4-6-9/h7,9,13H,2-6H2,1H3,(H,11,12). The molecule has 3 heteroatoms. The number of amides is 1. The summed E-state index contributed by atoms with van der Waals surface area (Å²) in [6.07, 6.45) is 8.16. The number of carbonyl (C=O) groups excluding carboxylic acids is 1. The molecule has 1 aliphatic rings. The minimum Gasteiger partial charge on any atom is -0.288 e. The highest BCUT2D eigenvalue weighted by molar-refractivity contribution is 5.91. The van der Waals surface area contributed by atoms with Crippen molar-refractivity contribution in [2.24, 2.45) is 5.92 Å². The average molecular weight is 183 g/mol. The molecule has 2 N–H and O–H groups in total. The van der Waals surface area contributed by atoms with E-state index in [1.165, 1.54) is 32.1 Å². The van der Waals surface area contributed by atoms with Gasteiger partial charge in [-0.15, -0.1) is 0 Å². The lowest BCUT2D eigenvalue weighted by Gasteiger charge is -2.18. The fourth-order valence-electron chi connectivity index (χ4n) is 1.82. The molecule has 1 aliphatic carbocycles. The van der Waals surface area contributed by atoms with Crippen molar-refractivity contribution in [2.75, 3.05) is 0 Å². The van der Waals surface area contributed by atoms with Gasteiger partial charge in [0.15, 0.2) is 0 Å². The fraction of sp³-hybridized carbons (Fsp3) is 0.700. The van der Waals surface area contributed by atoms with Gasteiger partial charge in [0.05, 0.1) is 0 Å². The van der Waals surface area contributed by atoms with Crippen LogP contribution in [0, 0.1) is 5.92 Å². The topological polar surface area (TPSA) is 49.3 Å². The van der Waals surface area contributed by atoms with E-state index in [0.29, 0.717) is 11.5 Å². The van der Waals surface area contributed by atoms with Gasteiger partial charge in [0.1, 0.15) is 0 Å². The van der Waals surface area contributed by atoms with Crippen molar-refractivity contribution in [3.8, 4) is 0 Å². The Bertz CT molecular complexity index is 205. The molecule has 0 aromatic carbocycles. The van der Waals surface area contributed by atoms with Crippen LogP contribution in [0.2, 0.25) is 0 Å². The summed E-state index contributed by atoms with van der Waals surface area (Å²) in [5.41, 5.74) is 2.27. The normalized spacial score (nSPS) is 20.0. The van der Waals surface area contributed by atoms with E-state index in [0.717, 1.165) is 0 Å². The van der Waals surface area contributed by atoms with Crippen LogP contribution in [0.3, 0.4) is 0 Å². The third-order valence-corrected chi connectivity index (χ3v) is 2.60. The number of nitrogens with one attached hydrogen (secondary N) is 1. The summed E-state index contributed by atoms with van der Waals surface area (Å²) in [5.74, 6) is 0.150. The molecular weight excluding hydrogens is 166 g/mol. The zero-order chi connectivity index (χ0) is 9.68. The lowest BCUT2D eigenvalue weighted by Crippen LogP contribution is -2.20. The molecule has 1 fully saturated rings. The molecule has 0 saturated heterocycles. The molecule has 0 heterocycles. The Kier molecular flexibility index (Phi) is 3.96. The van der Waals surface area contributed by atoms with Gasteiger partial charge >= 0.3 is 0 Å². The Morgan fingerprint density at radius 3 is 2.54 bits per heavy atom. The van der Waals surface area contributed by atoms with E-state index in [2.05, 4.69) is 0 Å². The van der Waals surface area contributed by atoms with E-state index in [1.807, 2.05) is 6.08 Å². The van der Waals surface area contributed by atoms with Crippen molar-refractivity contribution in [2.45, 2.75) is 39.0 Å². The molecule has 0 bridgehead atoms. The molecule has 0 aromatic rings. The van der Waals surface area contributed by atoms with Crippen LogP contribution < -0.4 is 5.48 Å². The first kappa shape index (κ1) is 10.3. The summed E-state index contributed by atoms with van der Waals surface area (Å²) in [7, 11) is 0. The van der Waals surface area contributed by atoms with E-state index in [4.69, 9.17) is 5.21 Å². The van der Waals surface area contributed by atoms with Crippen LogP contribution >= 0.6 is 0 Å². The van der Waals surface area contributed by atoms with Gasteiger partial charge in [-0.1, -0.05) is 25.3 Å². The Morgan fingerprint density at radius 2 is 2.00 bits per heavy atom. The smallest absolute Gasteiger partial charge is 0.269 e. The van der Waals surface area contributed by atoms with Crippen LogP contribution in [-0.4, -0.2) is 11.1 Å². The van der Waals surface area contributed by atoms with Crippen LogP contribution in [0.5, 0.6) is 0 Å². The second kappa shape index (κ2) is 5.02. The number of hydrogen-bond donors (Lipinski definition) is 2. The van der Waals surface area contributed by atoms with Gasteiger partial charge in [-0.2, -0.15) is 0 Å². The molecule has 13 heavy (non-hydrogen) atoms. The molecule has 1 saturated carbocycles. The van der Waals surface area contributed by atoms with Crippen molar-refractivity contribution in [3.63, 3.8) is 0 Å². The number of carbonyl (C=O) groups is 1. The number of hydrogen-bond acceptors (Lipinski definition) is 2. The Hall–Kier alpha value is -0.830. The summed E-state index contributed by atoms with van der Waals surface area (Å²) in [5, 5.41) is 8.39. The first-order chi connectivity index (χ1) is 6.24. The van der Waals surface area contributed by atoms with Crippen LogP contribution in [0.25, 0.3) is 0 Å². The van der Waals surface area contributed by atoms with Crippen molar-refractivity contribution < 1.29 is 10.0 Å². The third-order valence-electron chi connectivity index (χ3n) is 2.60. The predicted molar refractivity (Wildman–Crippen MR) is 50.3 cm³/mol. The van der Waals surface area contributed by atoms with Crippen LogP contribution in [0.1, 0.15) is 39.0 Å². The van der Waals surface area contributed by atoms with Gasteiger partial charge in [0.25, 0.3) is 5.91 Å². The van der Waals surface area contributed by atoms with E-state index in [-0.39, 0.29) is 5.91 Å². The molecule has 0 unspecified atom stereocenters. The third kappa shape index (κ3) is 3.19. The lowest BCUT2D eigenvalue weighted by atomic mass is 9.88. The second-order valence-electron chi connectivity index (χ2n) is 3.69. The molecule has 1 amide bonds. The maximum atomic E-state index is 11.0. The summed E-state index contributed by atoms with van der Waals surface area (Å²) in [4.78, 5) is 11.0. The van der Waals surface area contributed by atoms with E-state index in [1.54, 1.807) is 12.4 Å². The Balaban J connectivity index is 2.47. The molecule has 0 spiro atoms. The molecule has 0 radical (unpaired) electrons. The van der Waals surface area contributed by atoms with E-state index >= 15 is 0 Å². The van der Waals surface area contributed by atoms with Crippen LogP contribution in [-0.2, 0) is 4.79 Å². The van der Waals surface area contributed by atoms with Gasteiger partial charge in [0, 0.05) is 5.57 Å². The molecule has 74 valence electrons. The van der Waals surface area contributed by atoms with E-state index in [9.17, 15) is 4.79 Å². The van der Waals surface area contributed by atoms with Crippen molar-refractivity contribution in [1.82, 2.24) is 5.48 Å². The Labute approximate surface area is 78.8 Å². The Morgan fingerprint density at radius 1 is 1.38 bits per heavy atom. The maximum absolute atomic E-state index is 11.0. The second-order valence-corrected chi connectivity index (χ2v) is 3.69. The quantitative estimate of drug-likeness (QED) is 0.391. The summed E-state index contributed by atoms with van der Waals surface area (Å²) in [6, 6.07) is 0. The SMILES string of the molecule is CC(=CC1CCCCC1)C(=O)NO.